The van der Waals surface area contributed by atoms with E-state index in [1.807, 2.05) is 36.4 Å². The molecule has 1 aliphatic heterocycles. The van der Waals surface area contributed by atoms with Gasteiger partial charge in [0.25, 0.3) is 0 Å². The van der Waals surface area contributed by atoms with E-state index in [4.69, 9.17) is 22.1 Å². The summed E-state index contributed by atoms with van der Waals surface area (Å²) in [6, 6.07) is 13.8. The number of ether oxygens (including phenoxy) is 1. The Morgan fingerprint density at radius 1 is 1.17 bits per heavy atom. The Labute approximate surface area is 192 Å². The molecule has 0 aromatic heterocycles. The first kappa shape index (κ1) is 23.5. The highest BCUT2D eigenvalue weighted by Gasteiger charge is 2.32. The molecule has 0 atom stereocenters. The maximum absolute atomic E-state index is 10.8. The number of nitrogens with two attached hydrogens (primary N) is 1. The molecule has 3 rings (SSSR count). The number of nitrogens with zero attached hydrogens (tertiary/aromatic N) is 1. The standard InChI is InChI=1S/C23H31BrClN3O2/c24-20-4-7-22(30-16-18-2-5-21(25)6-3-18)19(14-20)15-28-12-8-23(29,9-13-28)17-27-11-1-10-26/h2-7,14,27,29H,1,8-13,15-17,26H2. The number of piperidine rings is 1. The van der Waals surface area contributed by atoms with Gasteiger partial charge in [-0.1, -0.05) is 39.7 Å². The van der Waals surface area contributed by atoms with Crippen LogP contribution in [0.4, 0.5) is 0 Å². The minimum Gasteiger partial charge on any atom is -0.489 e. The zero-order chi connectivity index (χ0) is 21.4. The van der Waals surface area contributed by atoms with Gasteiger partial charge in [0.15, 0.2) is 0 Å². The number of hydrogen-bond donors (Lipinski definition) is 3. The molecule has 1 aliphatic rings. The molecule has 164 valence electrons. The van der Waals surface area contributed by atoms with Gasteiger partial charge in [0.2, 0.25) is 0 Å². The highest BCUT2D eigenvalue weighted by molar-refractivity contribution is 9.10. The van der Waals surface area contributed by atoms with Crippen molar-refractivity contribution in [2.24, 2.45) is 5.73 Å². The van der Waals surface area contributed by atoms with Gasteiger partial charge in [0.05, 0.1) is 5.60 Å². The molecule has 1 fully saturated rings. The SMILES string of the molecule is NCCCNCC1(O)CCN(Cc2cc(Br)ccc2OCc2ccc(Cl)cc2)CC1. The van der Waals surface area contributed by atoms with Crippen molar-refractivity contribution in [1.29, 1.82) is 0 Å². The van der Waals surface area contributed by atoms with Crippen molar-refractivity contribution in [2.75, 3.05) is 32.7 Å². The van der Waals surface area contributed by atoms with Crippen LogP contribution in [0.2, 0.25) is 5.02 Å². The molecule has 1 heterocycles. The van der Waals surface area contributed by atoms with Crippen molar-refractivity contribution in [3.63, 3.8) is 0 Å². The normalized spacial score (nSPS) is 16.5. The zero-order valence-corrected chi connectivity index (χ0v) is 19.6. The first-order valence-electron chi connectivity index (χ1n) is 10.5. The molecular weight excluding hydrogens is 466 g/mol. The first-order chi connectivity index (χ1) is 14.5. The van der Waals surface area contributed by atoms with Gasteiger partial charge in [0, 0.05) is 41.2 Å². The van der Waals surface area contributed by atoms with Gasteiger partial charge in [-0.3, -0.25) is 4.90 Å². The van der Waals surface area contributed by atoms with Gasteiger partial charge in [0.1, 0.15) is 12.4 Å². The maximum Gasteiger partial charge on any atom is 0.124 e. The predicted molar refractivity (Wildman–Crippen MR) is 126 cm³/mol. The average molecular weight is 497 g/mol. The summed E-state index contributed by atoms with van der Waals surface area (Å²) in [6.45, 7) is 5.18. The first-order valence-corrected chi connectivity index (χ1v) is 11.7. The number of nitrogens with one attached hydrogen (secondary N) is 1. The number of benzene rings is 2. The smallest absolute Gasteiger partial charge is 0.124 e. The molecule has 1 saturated heterocycles. The minimum atomic E-state index is -0.629. The van der Waals surface area contributed by atoms with Crippen molar-refractivity contribution in [3.8, 4) is 5.75 Å². The molecule has 0 bridgehead atoms. The predicted octanol–water partition coefficient (Wildman–Crippen LogP) is 3.95. The van der Waals surface area contributed by atoms with E-state index < -0.39 is 5.60 Å². The van der Waals surface area contributed by atoms with Gasteiger partial charge in [-0.2, -0.15) is 0 Å². The van der Waals surface area contributed by atoms with E-state index in [-0.39, 0.29) is 0 Å². The van der Waals surface area contributed by atoms with Crippen LogP contribution in [0.3, 0.4) is 0 Å². The fourth-order valence-corrected chi connectivity index (χ4v) is 4.18. The van der Waals surface area contributed by atoms with E-state index in [0.717, 1.165) is 71.8 Å². The third-order valence-corrected chi connectivity index (χ3v) is 6.27. The second-order valence-corrected chi connectivity index (χ2v) is 9.34. The Hall–Kier alpha value is -1.15. The van der Waals surface area contributed by atoms with E-state index in [2.05, 4.69) is 32.2 Å². The third kappa shape index (κ3) is 7.22. The lowest BCUT2D eigenvalue weighted by molar-refractivity contribution is -0.0216. The van der Waals surface area contributed by atoms with E-state index in [1.165, 1.54) is 0 Å². The minimum absolute atomic E-state index is 0.500. The average Bonchev–Trinajstić information content (AvgIpc) is 2.74. The Balaban J connectivity index is 1.55. The maximum atomic E-state index is 10.8. The number of aliphatic hydroxyl groups is 1. The molecule has 0 amide bonds. The van der Waals surface area contributed by atoms with E-state index >= 15 is 0 Å². The van der Waals surface area contributed by atoms with E-state index in [9.17, 15) is 5.11 Å². The highest BCUT2D eigenvalue weighted by Crippen LogP contribution is 2.28. The summed E-state index contributed by atoms with van der Waals surface area (Å²) < 4.78 is 7.15. The molecule has 5 nitrogen and oxygen atoms in total. The second kappa shape index (κ2) is 11.5. The lowest BCUT2D eigenvalue weighted by atomic mass is 9.91. The molecule has 30 heavy (non-hydrogen) atoms. The van der Waals surface area contributed by atoms with Gasteiger partial charge < -0.3 is 20.9 Å². The second-order valence-electron chi connectivity index (χ2n) is 7.99. The van der Waals surface area contributed by atoms with Crippen molar-refractivity contribution in [2.45, 2.75) is 38.0 Å². The quantitative estimate of drug-likeness (QED) is 0.435. The Kier molecular flexibility index (Phi) is 8.98. The molecule has 0 unspecified atom stereocenters. The van der Waals surface area contributed by atoms with Crippen LogP contribution in [-0.2, 0) is 13.2 Å². The summed E-state index contributed by atoms with van der Waals surface area (Å²) in [5.41, 5.74) is 7.12. The number of rotatable bonds is 10. The number of halogens is 2. The summed E-state index contributed by atoms with van der Waals surface area (Å²) in [6.07, 6.45) is 2.46. The number of likely N-dealkylation sites (tertiary alicyclic amines) is 1. The topological polar surface area (TPSA) is 70.8 Å². The van der Waals surface area contributed by atoms with Crippen molar-refractivity contribution >= 4 is 27.5 Å². The fraction of sp³-hybridized carbons (Fsp3) is 0.478. The third-order valence-electron chi connectivity index (χ3n) is 5.52. The van der Waals surface area contributed by atoms with Crippen molar-refractivity contribution in [3.05, 3.63) is 63.1 Å². The molecule has 0 aliphatic carbocycles. The van der Waals surface area contributed by atoms with Crippen LogP contribution in [0.5, 0.6) is 5.75 Å². The summed E-state index contributed by atoms with van der Waals surface area (Å²) in [4.78, 5) is 2.38. The molecule has 2 aromatic carbocycles. The molecular formula is C23H31BrClN3O2. The van der Waals surface area contributed by atoms with Crippen LogP contribution < -0.4 is 15.8 Å². The largest absolute Gasteiger partial charge is 0.489 e. The van der Waals surface area contributed by atoms with Crippen LogP contribution in [-0.4, -0.2) is 48.3 Å². The monoisotopic (exact) mass is 495 g/mol. The lowest BCUT2D eigenvalue weighted by Crippen LogP contribution is -2.49. The van der Waals surface area contributed by atoms with Crippen LogP contribution in [0.15, 0.2) is 46.9 Å². The highest BCUT2D eigenvalue weighted by atomic mass is 79.9. The van der Waals surface area contributed by atoms with Gasteiger partial charge in [-0.15, -0.1) is 0 Å². The van der Waals surface area contributed by atoms with Crippen molar-refractivity contribution < 1.29 is 9.84 Å². The summed E-state index contributed by atoms with van der Waals surface area (Å²) in [5, 5.41) is 14.9. The molecule has 7 heteroatoms. The van der Waals surface area contributed by atoms with Crippen LogP contribution in [0, 0.1) is 0 Å². The van der Waals surface area contributed by atoms with E-state index in [1.54, 1.807) is 0 Å². The van der Waals surface area contributed by atoms with Gasteiger partial charge in [-0.05, 0) is 68.2 Å². The van der Waals surface area contributed by atoms with Gasteiger partial charge >= 0.3 is 0 Å². The number of hydrogen-bond acceptors (Lipinski definition) is 5. The van der Waals surface area contributed by atoms with Crippen molar-refractivity contribution in [1.82, 2.24) is 10.2 Å². The molecule has 2 aromatic rings. The van der Waals surface area contributed by atoms with E-state index in [0.29, 0.717) is 19.7 Å². The fourth-order valence-electron chi connectivity index (χ4n) is 3.65. The Morgan fingerprint density at radius 3 is 2.60 bits per heavy atom. The summed E-state index contributed by atoms with van der Waals surface area (Å²) in [5.74, 6) is 0.887. The van der Waals surface area contributed by atoms with Crippen LogP contribution in [0.1, 0.15) is 30.4 Å². The Morgan fingerprint density at radius 2 is 1.90 bits per heavy atom. The Bertz CT molecular complexity index is 796. The summed E-state index contributed by atoms with van der Waals surface area (Å²) in [7, 11) is 0. The zero-order valence-electron chi connectivity index (χ0n) is 17.2. The molecule has 4 N–H and O–H groups in total. The van der Waals surface area contributed by atoms with Crippen LogP contribution >= 0.6 is 27.5 Å². The van der Waals surface area contributed by atoms with Gasteiger partial charge in [-0.25, -0.2) is 0 Å². The molecule has 0 spiro atoms. The lowest BCUT2D eigenvalue weighted by Gasteiger charge is -2.38. The molecule has 0 radical (unpaired) electrons. The summed E-state index contributed by atoms with van der Waals surface area (Å²) >= 11 is 9.54. The molecule has 0 saturated carbocycles. The van der Waals surface area contributed by atoms with Crippen LogP contribution in [0.25, 0.3) is 0 Å².